The lowest BCUT2D eigenvalue weighted by atomic mass is 9.65. The van der Waals surface area contributed by atoms with Gasteiger partial charge in [0.2, 0.25) is 0 Å². The van der Waals surface area contributed by atoms with Gasteiger partial charge in [-0.15, -0.1) is 0 Å². The summed E-state index contributed by atoms with van der Waals surface area (Å²) >= 11 is 0. The Hall–Kier alpha value is 0.0249. The summed E-state index contributed by atoms with van der Waals surface area (Å²) in [5, 5.41) is 3.59. The highest BCUT2D eigenvalue weighted by Crippen LogP contribution is 2.23. The molecule has 0 aromatic rings. The van der Waals surface area contributed by atoms with Crippen molar-refractivity contribution in [1.29, 1.82) is 0 Å². The van der Waals surface area contributed by atoms with Crippen LogP contribution in [0.3, 0.4) is 0 Å². The Morgan fingerprint density at radius 3 is 2.40 bits per heavy atom. The Bertz CT molecular complexity index is 106. The zero-order chi connectivity index (χ0) is 7.61. The van der Waals surface area contributed by atoms with Gasteiger partial charge in [0.25, 0.3) is 0 Å². The Kier molecular flexibility index (Phi) is 2.40. The van der Waals surface area contributed by atoms with Gasteiger partial charge in [-0.2, -0.15) is 0 Å². The van der Waals surface area contributed by atoms with Crippen LogP contribution in [-0.4, -0.2) is 19.8 Å². The molecular formula is C8H18BN. The standard InChI is InChI=1S/C8H18BN/c1-7(2)8(9)5-3-4-6-10-8/h7,10H,3-6,9H2,1-2H3. The van der Waals surface area contributed by atoms with E-state index < -0.39 is 0 Å². The molecule has 2 heteroatoms. The van der Waals surface area contributed by atoms with Crippen molar-refractivity contribution in [1.82, 2.24) is 5.32 Å². The zero-order valence-electron chi connectivity index (χ0n) is 7.41. The minimum atomic E-state index is 0.429. The van der Waals surface area contributed by atoms with E-state index in [1.165, 1.54) is 25.8 Å². The highest BCUT2D eigenvalue weighted by Gasteiger charge is 2.28. The highest BCUT2D eigenvalue weighted by molar-refractivity contribution is 6.15. The zero-order valence-corrected chi connectivity index (χ0v) is 7.41. The van der Waals surface area contributed by atoms with Crippen molar-refractivity contribution in [2.24, 2.45) is 5.92 Å². The van der Waals surface area contributed by atoms with Crippen LogP contribution in [0.15, 0.2) is 0 Å². The van der Waals surface area contributed by atoms with Gasteiger partial charge in [-0.1, -0.05) is 20.3 Å². The number of rotatable bonds is 1. The third-order valence-electron chi connectivity index (χ3n) is 2.93. The lowest BCUT2D eigenvalue weighted by Crippen LogP contribution is -2.52. The second-order valence-electron chi connectivity index (χ2n) is 3.96. The van der Waals surface area contributed by atoms with Crippen LogP contribution in [0.5, 0.6) is 0 Å². The molecule has 1 rings (SSSR count). The average Bonchev–Trinajstić information content (AvgIpc) is 1.89. The van der Waals surface area contributed by atoms with E-state index in [4.69, 9.17) is 0 Å². The molecule has 1 aliphatic heterocycles. The van der Waals surface area contributed by atoms with E-state index in [1.54, 1.807) is 0 Å². The summed E-state index contributed by atoms with van der Waals surface area (Å²) in [6.07, 6.45) is 4.12. The first kappa shape index (κ1) is 8.12. The molecule has 1 nitrogen and oxygen atoms in total. The largest absolute Gasteiger partial charge is 0.319 e. The van der Waals surface area contributed by atoms with Crippen LogP contribution in [0.2, 0.25) is 0 Å². The lowest BCUT2D eigenvalue weighted by Gasteiger charge is -2.38. The van der Waals surface area contributed by atoms with Crippen LogP contribution < -0.4 is 5.32 Å². The molecule has 0 spiro atoms. The van der Waals surface area contributed by atoms with Gasteiger partial charge in [-0.05, 0) is 30.7 Å². The van der Waals surface area contributed by atoms with Crippen LogP contribution in [0.1, 0.15) is 33.1 Å². The molecule has 1 atom stereocenters. The molecule has 0 aromatic heterocycles. The summed E-state index contributed by atoms with van der Waals surface area (Å²) in [7, 11) is 2.34. The smallest absolute Gasteiger partial charge is 0.127 e. The Morgan fingerprint density at radius 1 is 1.40 bits per heavy atom. The van der Waals surface area contributed by atoms with E-state index in [-0.39, 0.29) is 0 Å². The maximum Gasteiger partial charge on any atom is 0.127 e. The van der Waals surface area contributed by atoms with Crippen molar-refractivity contribution < 1.29 is 0 Å². The minimum Gasteiger partial charge on any atom is -0.319 e. The molecule has 1 aliphatic rings. The van der Waals surface area contributed by atoms with Crippen LogP contribution in [-0.2, 0) is 0 Å². The number of hydrogen-bond donors (Lipinski definition) is 1. The maximum absolute atomic E-state index is 3.59. The highest BCUT2D eigenvalue weighted by atomic mass is 15.0. The van der Waals surface area contributed by atoms with Gasteiger partial charge in [0, 0.05) is 0 Å². The van der Waals surface area contributed by atoms with Crippen LogP contribution >= 0.6 is 0 Å². The Morgan fingerprint density at radius 2 is 2.10 bits per heavy atom. The van der Waals surface area contributed by atoms with Gasteiger partial charge in [0.05, 0.1) is 0 Å². The Balaban J connectivity index is 2.48. The van der Waals surface area contributed by atoms with Crippen molar-refractivity contribution in [3.63, 3.8) is 0 Å². The van der Waals surface area contributed by atoms with Crippen molar-refractivity contribution in [3.05, 3.63) is 0 Å². The molecule has 0 radical (unpaired) electrons. The van der Waals surface area contributed by atoms with Crippen molar-refractivity contribution in [2.75, 3.05) is 6.54 Å². The third kappa shape index (κ3) is 1.54. The fourth-order valence-electron chi connectivity index (χ4n) is 1.57. The SMILES string of the molecule is BC1(C(C)C)CCCCN1. The third-order valence-corrected chi connectivity index (χ3v) is 2.93. The maximum atomic E-state index is 3.59. The van der Waals surface area contributed by atoms with E-state index in [0.717, 1.165) is 5.92 Å². The lowest BCUT2D eigenvalue weighted by molar-refractivity contribution is 0.280. The predicted octanol–water partition coefficient (Wildman–Crippen LogP) is 0.745. The molecule has 1 N–H and O–H groups in total. The van der Waals surface area contributed by atoms with Crippen molar-refractivity contribution in [3.8, 4) is 0 Å². The summed E-state index contributed by atoms with van der Waals surface area (Å²) in [4.78, 5) is 0. The summed E-state index contributed by atoms with van der Waals surface area (Å²) in [6, 6.07) is 0. The van der Waals surface area contributed by atoms with Gasteiger partial charge in [-0.3, -0.25) is 0 Å². The van der Waals surface area contributed by atoms with Crippen LogP contribution in [0.25, 0.3) is 0 Å². The monoisotopic (exact) mass is 139 g/mol. The quantitative estimate of drug-likeness (QED) is 0.528. The van der Waals surface area contributed by atoms with Gasteiger partial charge >= 0.3 is 0 Å². The fourth-order valence-corrected chi connectivity index (χ4v) is 1.57. The van der Waals surface area contributed by atoms with E-state index in [2.05, 4.69) is 27.0 Å². The molecular weight excluding hydrogens is 121 g/mol. The molecule has 0 aromatic carbocycles. The summed E-state index contributed by atoms with van der Waals surface area (Å²) in [5.41, 5.74) is 0.429. The second kappa shape index (κ2) is 2.95. The van der Waals surface area contributed by atoms with Crippen molar-refractivity contribution in [2.45, 2.75) is 38.5 Å². The summed E-state index contributed by atoms with van der Waals surface area (Å²) < 4.78 is 0. The van der Waals surface area contributed by atoms with Crippen LogP contribution in [0, 0.1) is 5.92 Å². The van der Waals surface area contributed by atoms with Gasteiger partial charge in [0.1, 0.15) is 7.85 Å². The van der Waals surface area contributed by atoms with E-state index in [0.29, 0.717) is 5.44 Å². The number of piperidine rings is 1. The molecule has 1 heterocycles. The average molecular weight is 139 g/mol. The number of nitrogens with one attached hydrogen (secondary N) is 1. The molecule has 1 saturated heterocycles. The summed E-state index contributed by atoms with van der Waals surface area (Å²) in [6.45, 7) is 5.82. The predicted molar refractivity (Wildman–Crippen MR) is 48.0 cm³/mol. The molecule has 0 amide bonds. The molecule has 10 heavy (non-hydrogen) atoms. The summed E-state index contributed by atoms with van der Waals surface area (Å²) in [5.74, 6) is 0.771. The molecule has 1 unspecified atom stereocenters. The Labute approximate surface area is 65.0 Å². The van der Waals surface area contributed by atoms with Gasteiger partial charge in [-0.25, -0.2) is 0 Å². The minimum absolute atomic E-state index is 0.429. The van der Waals surface area contributed by atoms with E-state index in [9.17, 15) is 0 Å². The molecule has 58 valence electrons. The van der Waals surface area contributed by atoms with Crippen molar-refractivity contribution >= 4 is 7.85 Å². The molecule has 1 fully saturated rings. The van der Waals surface area contributed by atoms with Gasteiger partial charge < -0.3 is 5.32 Å². The van der Waals surface area contributed by atoms with E-state index in [1.807, 2.05) is 0 Å². The fraction of sp³-hybridized carbons (Fsp3) is 1.00. The second-order valence-corrected chi connectivity index (χ2v) is 3.96. The molecule has 0 saturated carbocycles. The number of hydrogen-bond acceptors (Lipinski definition) is 1. The first-order chi connectivity index (χ1) is 4.65. The van der Waals surface area contributed by atoms with Gasteiger partial charge in [0.15, 0.2) is 0 Å². The first-order valence-electron chi connectivity index (χ1n) is 4.40. The normalized spacial score (nSPS) is 34.7. The molecule has 0 bridgehead atoms. The first-order valence-corrected chi connectivity index (χ1v) is 4.40. The van der Waals surface area contributed by atoms with Crippen LogP contribution in [0.4, 0.5) is 0 Å². The topological polar surface area (TPSA) is 12.0 Å². The van der Waals surface area contributed by atoms with E-state index >= 15 is 0 Å². The molecule has 0 aliphatic carbocycles.